The van der Waals surface area contributed by atoms with Gasteiger partial charge in [-0.15, -0.1) is 0 Å². The van der Waals surface area contributed by atoms with Crippen LogP contribution in [0.2, 0.25) is 0 Å². The maximum atomic E-state index is 13.1. The molecule has 0 bridgehead atoms. The number of rotatable bonds is 9. The molecule has 0 saturated carbocycles. The van der Waals surface area contributed by atoms with Crippen molar-refractivity contribution in [2.75, 3.05) is 30.5 Å². The van der Waals surface area contributed by atoms with E-state index in [2.05, 4.69) is 20.3 Å². The summed E-state index contributed by atoms with van der Waals surface area (Å²) in [5.74, 6) is -1.35. The smallest absolute Gasteiger partial charge is 0.303 e. The molecule has 13 heteroatoms. The molecule has 1 aliphatic rings. The summed E-state index contributed by atoms with van der Waals surface area (Å²) in [4.78, 5) is 50.8. The number of imidazole rings is 1. The normalized spacial score (nSPS) is 27.4. The highest BCUT2D eigenvalue weighted by Crippen LogP contribution is 2.49. The van der Waals surface area contributed by atoms with E-state index in [0.29, 0.717) is 12.4 Å². The van der Waals surface area contributed by atoms with E-state index in [1.165, 1.54) is 12.7 Å². The molecular weight excluding hydrogens is 442 g/mol. The summed E-state index contributed by atoms with van der Waals surface area (Å²) in [7, 11) is 0. The fourth-order valence-electron chi connectivity index (χ4n) is 4.06. The van der Waals surface area contributed by atoms with Gasteiger partial charge in [0.05, 0.1) is 6.61 Å². The molecule has 32 heavy (non-hydrogen) atoms. The van der Waals surface area contributed by atoms with E-state index in [1.54, 1.807) is 11.8 Å². The third kappa shape index (κ3) is 3.45. The van der Waals surface area contributed by atoms with Crippen LogP contribution in [0, 0.1) is 0 Å². The molecule has 3 N–H and O–H groups in total. The number of ether oxygens (including phenoxy) is 2. The second kappa shape index (κ2) is 9.10. The monoisotopic (exact) mass is 467 g/mol. The van der Waals surface area contributed by atoms with Crippen molar-refractivity contribution in [2.24, 2.45) is 0 Å². The lowest BCUT2D eigenvalue weighted by Crippen LogP contribution is -2.66. The molecule has 0 aliphatic carbocycles. The average molecular weight is 468 g/mol. The van der Waals surface area contributed by atoms with Crippen LogP contribution in [-0.4, -0.2) is 90.2 Å². The molecular formula is C19H25N5O7S. The number of esters is 1. The van der Waals surface area contributed by atoms with E-state index in [-0.39, 0.29) is 11.2 Å². The first-order valence-electron chi connectivity index (χ1n) is 9.77. The zero-order valence-electron chi connectivity index (χ0n) is 18.1. The van der Waals surface area contributed by atoms with Gasteiger partial charge < -0.3 is 25.0 Å². The van der Waals surface area contributed by atoms with Crippen molar-refractivity contribution in [1.82, 2.24) is 19.5 Å². The van der Waals surface area contributed by atoms with Crippen molar-refractivity contribution in [3.8, 4) is 0 Å². The molecule has 0 spiro atoms. The lowest BCUT2D eigenvalue weighted by molar-refractivity contribution is -0.213. The van der Waals surface area contributed by atoms with Crippen LogP contribution in [0.3, 0.4) is 0 Å². The Balaban J connectivity index is 2.30. The van der Waals surface area contributed by atoms with Crippen LogP contribution in [0.15, 0.2) is 12.7 Å². The van der Waals surface area contributed by atoms with Gasteiger partial charge in [0.25, 0.3) is 11.3 Å². The topological polar surface area (TPSA) is 166 Å². The zero-order chi connectivity index (χ0) is 23.7. The number of carbonyl (C=O) groups is 3. The minimum atomic E-state index is -2.48. The molecule has 12 nitrogen and oxygen atoms in total. The average Bonchev–Trinajstić information content (AvgIpc) is 3.27. The van der Waals surface area contributed by atoms with Crippen molar-refractivity contribution < 1.29 is 34.1 Å². The standard InChI is InChI=1S/C19H25N5O7S/c1-10(26)18(30-12(3)28)15(29)13(7-25)31-19(18,11(2)27)24-9-23-14-16(20-5-6-32-4)21-8-22-17(14)24/h8-9,13,15,25,29H,5-7H2,1-4H3,(H,20,21,22)/t13-,15-,18-,19-/m1/s1. The number of ketones is 2. The maximum Gasteiger partial charge on any atom is 0.303 e. The Morgan fingerprint density at radius 2 is 1.97 bits per heavy atom. The molecule has 174 valence electrons. The Morgan fingerprint density at radius 3 is 2.53 bits per heavy atom. The largest absolute Gasteiger partial charge is 0.442 e. The molecule has 2 aromatic heterocycles. The van der Waals surface area contributed by atoms with E-state index >= 15 is 0 Å². The Morgan fingerprint density at radius 1 is 1.25 bits per heavy atom. The predicted octanol–water partition coefficient (Wildman–Crippen LogP) is -0.514. The maximum absolute atomic E-state index is 13.1. The summed E-state index contributed by atoms with van der Waals surface area (Å²) >= 11 is 1.63. The highest BCUT2D eigenvalue weighted by atomic mass is 32.2. The summed E-state index contributed by atoms with van der Waals surface area (Å²) in [5.41, 5.74) is -4.47. The summed E-state index contributed by atoms with van der Waals surface area (Å²) < 4.78 is 12.3. The second-order valence-corrected chi connectivity index (χ2v) is 8.28. The number of nitrogens with zero attached hydrogens (tertiary/aromatic N) is 4. The number of Topliss-reactive ketones (excluding diaryl/α,β-unsaturated/α-hetero) is 2. The van der Waals surface area contributed by atoms with Crippen LogP contribution in [0.5, 0.6) is 0 Å². The van der Waals surface area contributed by atoms with Crippen LogP contribution in [-0.2, 0) is 29.6 Å². The van der Waals surface area contributed by atoms with E-state index in [1.807, 2.05) is 6.26 Å². The molecule has 1 aliphatic heterocycles. The first kappa shape index (κ1) is 24.0. The summed E-state index contributed by atoms with van der Waals surface area (Å²) in [6.45, 7) is 3.07. The van der Waals surface area contributed by atoms with Crippen molar-refractivity contribution in [2.45, 2.75) is 44.3 Å². The van der Waals surface area contributed by atoms with Crippen LogP contribution >= 0.6 is 11.8 Å². The predicted molar refractivity (Wildman–Crippen MR) is 114 cm³/mol. The van der Waals surface area contributed by atoms with Crippen molar-refractivity contribution >= 4 is 46.3 Å². The van der Waals surface area contributed by atoms with Crippen molar-refractivity contribution in [3.05, 3.63) is 12.7 Å². The Kier molecular flexibility index (Phi) is 6.83. The number of aliphatic hydroxyl groups excluding tert-OH is 2. The minimum Gasteiger partial charge on any atom is -0.442 e. The van der Waals surface area contributed by atoms with Crippen molar-refractivity contribution in [3.63, 3.8) is 0 Å². The molecule has 1 fully saturated rings. The highest BCUT2D eigenvalue weighted by Gasteiger charge is 2.75. The Bertz CT molecular complexity index is 1050. The van der Waals surface area contributed by atoms with Gasteiger partial charge in [-0.05, 0) is 20.1 Å². The highest BCUT2D eigenvalue weighted by molar-refractivity contribution is 7.98. The summed E-state index contributed by atoms with van der Waals surface area (Å²) in [6.07, 6.45) is 1.16. The molecule has 3 heterocycles. The molecule has 1 saturated heterocycles. The number of thioether (sulfide) groups is 1. The molecule has 0 unspecified atom stereocenters. The van der Waals surface area contributed by atoms with E-state index in [4.69, 9.17) is 9.47 Å². The van der Waals surface area contributed by atoms with Gasteiger partial charge in [0.15, 0.2) is 28.5 Å². The van der Waals surface area contributed by atoms with E-state index in [9.17, 15) is 24.6 Å². The first-order chi connectivity index (χ1) is 15.2. The SMILES string of the molecule is CSCCNc1ncnc2c1ncn2[C@]1(C(C)=O)O[C@H](CO)[C@@H](O)[C@]1(OC(C)=O)C(C)=O. The van der Waals surface area contributed by atoms with Gasteiger partial charge in [-0.25, -0.2) is 15.0 Å². The van der Waals surface area contributed by atoms with Gasteiger partial charge in [-0.3, -0.25) is 19.0 Å². The summed E-state index contributed by atoms with van der Waals surface area (Å²) in [5, 5.41) is 23.8. The van der Waals surface area contributed by atoms with Gasteiger partial charge in [-0.1, -0.05) is 0 Å². The number of carbonyl (C=O) groups excluding carboxylic acids is 3. The number of fused-ring (bicyclic) bond motifs is 1. The van der Waals surface area contributed by atoms with Gasteiger partial charge in [0, 0.05) is 19.2 Å². The lowest BCUT2D eigenvalue weighted by Gasteiger charge is -2.41. The van der Waals surface area contributed by atoms with Gasteiger partial charge in [0.2, 0.25) is 0 Å². The van der Waals surface area contributed by atoms with E-state index < -0.39 is 47.7 Å². The number of nitrogens with one attached hydrogen (secondary N) is 1. The van der Waals surface area contributed by atoms with Gasteiger partial charge in [-0.2, -0.15) is 11.8 Å². The van der Waals surface area contributed by atoms with Crippen LogP contribution in [0.25, 0.3) is 11.2 Å². The molecule has 4 atom stereocenters. The van der Waals surface area contributed by atoms with Gasteiger partial charge in [0.1, 0.15) is 24.9 Å². The molecule has 2 aromatic rings. The first-order valence-corrected chi connectivity index (χ1v) is 11.2. The minimum absolute atomic E-state index is 0.102. The number of hydrogen-bond donors (Lipinski definition) is 3. The second-order valence-electron chi connectivity index (χ2n) is 7.30. The number of aromatic nitrogens is 4. The lowest BCUT2D eigenvalue weighted by atomic mass is 9.79. The third-order valence-electron chi connectivity index (χ3n) is 5.35. The van der Waals surface area contributed by atoms with Crippen LogP contribution in [0.1, 0.15) is 20.8 Å². The third-order valence-corrected chi connectivity index (χ3v) is 5.96. The molecule has 0 aromatic carbocycles. The van der Waals surface area contributed by atoms with Crippen molar-refractivity contribution in [1.29, 1.82) is 0 Å². The number of hydrogen-bond acceptors (Lipinski definition) is 12. The fraction of sp³-hybridized carbons (Fsp3) is 0.579. The fourth-order valence-corrected chi connectivity index (χ4v) is 4.37. The molecule has 3 rings (SSSR count). The Labute approximate surface area is 187 Å². The molecule has 0 radical (unpaired) electrons. The zero-order valence-corrected chi connectivity index (χ0v) is 18.9. The van der Waals surface area contributed by atoms with Gasteiger partial charge >= 0.3 is 5.97 Å². The Hall–Kier alpha value is -2.61. The van der Waals surface area contributed by atoms with Crippen LogP contribution in [0.4, 0.5) is 5.82 Å². The summed E-state index contributed by atoms with van der Waals surface area (Å²) in [6, 6.07) is 0. The number of aliphatic hydroxyl groups is 2. The van der Waals surface area contributed by atoms with Crippen LogP contribution < -0.4 is 5.32 Å². The van der Waals surface area contributed by atoms with E-state index in [0.717, 1.165) is 31.1 Å². The number of anilines is 1. The quantitative estimate of drug-likeness (QED) is 0.320. The molecule has 0 amide bonds.